The summed E-state index contributed by atoms with van der Waals surface area (Å²) in [6, 6.07) is 8.33. The van der Waals surface area contributed by atoms with Crippen LogP contribution < -0.4 is 5.32 Å². The van der Waals surface area contributed by atoms with Crippen LogP contribution in [0, 0.1) is 3.57 Å². The molecule has 0 aromatic heterocycles. The highest BCUT2D eigenvalue weighted by molar-refractivity contribution is 14.1. The molecule has 1 heterocycles. The first kappa shape index (κ1) is 16.7. The molecule has 19 heavy (non-hydrogen) atoms. The van der Waals surface area contributed by atoms with Crippen molar-refractivity contribution in [2.24, 2.45) is 0 Å². The molecule has 1 aromatic rings. The number of esters is 1. The topological polar surface area (TPSA) is 38.3 Å². The van der Waals surface area contributed by atoms with Crippen LogP contribution in [-0.2, 0) is 9.53 Å². The molecular formula is C14H19ClINO2. The number of hydrogen-bond acceptors (Lipinski definition) is 3. The van der Waals surface area contributed by atoms with Gasteiger partial charge < -0.3 is 10.1 Å². The Morgan fingerprint density at radius 1 is 1.37 bits per heavy atom. The van der Waals surface area contributed by atoms with Gasteiger partial charge in [-0.3, -0.25) is 4.79 Å². The molecular weight excluding hydrogens is 377 g/mol. The molecule has 2 atom stereocenters. The van der Waals surface area contributed by atoms with Crippen molar-refractivity contribution in [1.82, 2.24) is 5.32 Å². The van der Waals surface area contributed by atoms with E-state index in [1.54, 1.807) is 0 Å². The van der Waals surface area contributed by atoms with Gasteiger partial charge in [-0.15, -0.1) is 12.4 Å². The lowest BCUT2D eigenvalue weighted by Gasteiger charge is -2.30. The monoisotopic (exact) mass is 395 g/mol. The number of hydrogen-bond donors (Lipinski definition) is 1. The minimum atomic E-state index is -0.188. The van der Waals surface area contributed by atoms with Crippen LogP contribution in [0.3, 0.4) is 0 Å². The van der Waals surface area contributed by atoms with Gasteiger partial charge in [-0.05, 0) is 59.7 Å². The maximum Gasteiger partial charge on any atom is 0.314 e. The van der Waals surface area contributed by atoms with E-state index in [1.165, 1.54) is 23.5 Å². The summed E-state index contributed by atoms with van der Waals surface area (Å²) in [5.41, 5.74) is 1.04. The van der Waals surface area contributed by atoms with Crippen LogP contribution in [0.5, 0.6) is 0 Å². The van der Waals surface area contributed by atoms with Gasteiger partial charge in [0.15, 0.2) is 0 Å². The Labute approximate surface area is 134 Å². The van der Waals surface area contributed by atoms with Crippen molar-refractivity contribution in [3.8, 4) is 0 Å². The van der Waals surface area contributed by atoms with E-state index in [1.807, 2.05) is 24.3 Å². The maximum absolute atomic E-state index is 12.0. The fourth-order valence-electron chi connectivity index (χ4n) is 2.49. The second-order valence-electron chi connectivity index (χ2n) is 4.61. The summed E-state index contributed by atoms with van der Waals surface area (Å²) in [6.07, 6.45) is 3.40. The van der Waals surface area contributed by atoms with E-state index in [9.17, 15) is 4.79 Å². The maximum atomic E-state index is 12.0. The quantitative estimate of drug-likeness (QED) is 0.631. The van der Waals surface area contributed by atoms with Crippen molar-refractivity contribution in [1.29, 1.82) is 0 Å². The lowest BCUT2D eigenvalue weighted by atomic mass is 9.86. The van der Waals surface area contributed by atoms with Gasteiger partial charge in [0.05, 0.1) is 13.0 Å². The summed E-state index contributed by atoms with van der Waals surface area (Å²) in [6.45, 7) is 0.989. The largest absolute Gasteiger partial charge is 0.469 e. The Morgan fingerprint density at radius 3 is 2.58 bits per heavy atom. The predicted octanol–water partition coefficient (Wildman–Crippen LogP) is 3.11. The van der Waals surface area contributed by atoms with Crippen LogP contribution in [0.25, 0.3) is 0 Å². The van der Waals surface area contributed by atoms with Gasteiger partial charge in [-0.1, -0.05) is 18.6 Å². The third-order valence-corrected chi connectivity index (χ3v) is 4.15. The molecule has 0 spiro atoms. The van der Waals surface area contributed by atoms with E-state index >= 15 is 0 Å². The zero-order valence-electron chi connectivity index (χ0n) is 10.9. The van der Waals surface area contributed by atoms with Gasteiger partial charge in [0, 0.05) is 9.61 Å². The lowest BCUT2D eigenvalue weighted by molar-refractivity contribution is -0.143. The smallest absolute Gasteiger partial charge is 0.314 e. The van der Waals surface area contributed by atoms with Crippen molar-refractivity contribution in [3.63, 3.8) is 0 Å². The number of carbonyl (C=O) groups is 1. The highest BCUT2D eigenvalue weighted by Crippen LogP contribution is 2.27. The molecule has 1 N–H and O–H groups in total. The summed E-state index contributed by atoms with van der Waals surface area (Å²) < 4.78 is 6.15. The lowest BCUT2D eigenvalue weighted by Crippen LogP contribution is -2.42. The number of piperidine rings is 1. The van der Waals surface area contributed by atoms with E-state index < -0.39 is 0 Å². The zero-order valence-corrected chi connectivity index (χ0v) is 13.9. The van der Waals surface area contributed by atoms with Crippen LogP contribution in [0.4, 0.5) is 0 Å². The first-order chi connectivity index (χ1) is 8.72. The predicted molar refractivity (Wildman–Crippen MR) is 86.8 cm³/mol. The third-order valence-electron chi connectivity index (χ3n) is 3.44. The molecule has 0 aliphatic carbocycles. The van der Waals surface area contributed by atoms with Gasteiger partial charge >= 0.3 is 5.97 Å². The van der Waals surface area contributed by atoms with Crippen molar-refractivity contribution >= 4 is 41.0 Å². The molecule has 0 bridgehead atoms. The summed E-state index contributed by atoms with van der Waals surface area (Å²) >= 11 is 2.27. The summed E-state index contributed by atoms with van der Waals surface area (Å²) in [7, 11) is 1.46. The Morgan fingerprint density at radius 2 is 2.05 bits per heavy atom. The Bertz CT molecular complexity index is 404. The van der Waals surface area contributed by atoms with Crippen molar-refractivity contribution < 1.29 is 9.53 Å². The molecule has 106 valence electrons. The molecule has 1 fully saturated rings. The number of methoxy groups -OCH3 is 1. The number of ether oxygens (including phenoxy) is 1. The number of rotatable bonds is 3. The first-order valence-electron chi connectivity index (χ1n) is 6.29. The molecule has 1 aliphatic rings. The van der Waals surface area contributed by atoms with E-state index in [2.05, 4.69) is 27.9 Å². The van der Waals surface area contributed by atoms with E-state index in [0.29, 0.717) is 0 Å². The molecule has 1 aliphatic heterocycles. The minimum absolute atomic E-state index is 0. The van der Waals surface area contributed by atoms with Gasteiger partial charge in [0.1, 0.15) is 0 Å². The normalized spacial score (nSPS) is 20.2. The molecule has 1 saturated heterocycles. The van der Waals surface area contributed by atoms with Crippen LogP contribution in [0.2, 0.25) is 0 Å². The van der Waals surface area contributed by atoms with Gasteiger partial charge in [-0.2, -0.15) is 0 Å². The molecule has 1 aromatic carbocycles. The number of halogens is 2. The summed E-state index contributed by atoms with van der Waals surface area (Å²) in [4.78, 5) is 12.0. The minimum Gasteiger partial charge on any atom is -0.469 e. The Hall–Kier alpha value is -0.330. The standard InChI is InChI=1S/C14H18INO2.ClH/c1-18-14(17)13(12-4-2-3-9-16-12)10-5-7-11(15)8-6-10;/h5-8,12-13,16H,2-4,9H2,1H3;1H/t12-,13-;/m0./s1. The fourth-order valence-corrected chi connectivity index (χ4v) is 2.85. The molecule has 0 unspecified atom stereocenters. The Kier molecular flexibility index (Phi) is 7.10. The third kappa shape index (κ3) is 4.33. The van der Waals surface area contributed by atoms with E-state index in [0.717, 1.165) is 18.5 Å². The van der Waals surface area contributed by atoms with Crippen molar-refractivity contribution in [3.05, 3.63) is 33.4 Å². The molecule has 0 saturated carbocycles. The first-order valence-corrected chi connectivity index (χ1v) is 7.37. The molecule has 3 nitrogen and oxygen atoms in total. The fraction of sp³-hybridized carbons (Fsp3) is 0.500. The van der Waals surface area contributed by atoms with Crippen LogP contribution >= 0.6 is 35.0 Å². The van der Waals surface area contributed by atoms with Gasteiger partial charge in [-0.25, -0.2) is 0 Å². The molecule has 0 amide bonds. The van der Waals surface area contributed by atoms with E-state index in [-0.39, 0.29) is 30.3 Å². The Balaban J connectivity index is 0.00000180. The molecule has 0 radical (unpaired) electrons. The van der Waals surface area contributed by atoms with Crippen LogP contribution in [-0.4, -0.2) is 25.7 Å². The summed E-state index contributed by atoms with van der Waals surface area (Å²) in [5, 5.41) is 3.44. The van der Waals surface area contributed by atoms with Gasteiger partial charge in [0.25, 0.3) is 0 Å². The highest BCUT2D eigenvalue weighted by Gasteiger charge is 2.31. The molecule has 2 rings (SSSR count). The average Bonchev–Trinajstić information content (AvgIpc) is 2.42. The second-order valence-corrected chi connectivity index (χ2v) is 5.85. The van der Waals surface area contributed by atoms with Crippen molar-refractivity contribution in [2.75, 3.05) is 13.7 Å². The number of carbonyl (C=O) groups excluding carboxylic acids is 1. The second kappa shape index (κ2) is 8.07. The molecule has 5 heteroatoms. The number of benzene rings is 1. The number of nitrogens with one attached hydrogen (secondary N) is 1. The van der Waals surface area contributed by atoms with Crippen LogP contribution in [0.1, 0.15) is 30.7 Å². The highest BCUT2D eigenvalue weighted by atomic mass is 127. The van der Waals surface area contributed by atoms with Crippen LogP contribution in [0.15, 0.2) is 24.3 Å². The average molecular weight is 396 g/mol. The van der Waals surface area contributed by atoms with E-state index in [4.69, 9.17) is 4.74 Å². The SMILES string of the molecule is COC(=O)[C@@H](c1ccc(I)cc1)[C@@H]1CCCCN1.Cl. The van der Waals surface area contributed by atoms with Crippen molar-refractivity contribution in [2.45, 2.75) is 31.2 Å². The van der Waals surface area contributed by atoms with Gasteiger partial charge in [0.2, 0.25) is 0 Å². The zero-order chi connectivity index (χ0) is 13.0. The summed E-state index contributed by atoms with van der Waals surface area (Å²) in [5.74, 6) is -0.331.